The van der Waals surface area contributed by atoms with Gasteiger partial charge in [-0.05, 0) is 48.3 Å². The third kappa shape index (κ3) is 4.58. The number of aromatic nitrogens is 2. The second-order valence-electron chi connectivity index (χ2n) is 10.5. The Kier molecular flexibility index (Phi) is 6.74. The van der Waals surface area contributed by atoms with Gasteiger partial charge in [0.1, 0.15) is 5.69 Å². The van der Waals surface area contributed by atoms with Gasteiger partial charge in [0.2, 0.25) is 0 Å². The first-order chi connectivity index (χ1) is 18.5. The minimum Gasteiger partial charge on any atom is -0.402 e. The average molecular weight is 548 g/mol. The number of nitrogens with two attached hydrogens (primary N) is 1. The van der Waals surface area contributed by atoms with E-state index in [9.17, 15) is 22.8 Å². The highest BCUT2D eigenvalue weighted by Crippen LogP contribution is 2.67. The number of hydrogen-bond acceptors (Lipinski definition) is 5. The van der Waals surface area contributed by atoms with E-state index < -0.39 is 35.0 Å². The number of piperidine rings is 1. The van der Waals surface area contributed by atoms with Crippen LogP contribution in [-0.4, -0.2) is 29.0 Å². The molecule has 3 aliphatic rings. The van der Waals surface area contributed by atoms with Crippen LogP contribution in [0.2, 0.25) is 0 Å². The van der Waals surface area contributed by atoms with E-state index in [1.807, 2.05) is 24.6 Å². The molecule has 2 aliphatic carbocycles. The third-order valence-corrected chi connectivity index (χ3v) is 8.02. The Labute approximate surface area is 222 Å². The molecule has 208 valence electrons. The van der Waals surface area contributed by atoms with E-state index in [2.05, 4.69) is 28.0 Å². The lowest BCUT2D eigenvalue weighted by Gasteiger charge is -2.17. The molecule has 3 aromatic rings. The fraction of sp³-hybridized carbons (Fsp3) is 0.500. The molecule has 39 heavy (non-hydrogen) atoms. The van der Waals surface area contributed by atoms with Crippen LogP contribution < -0.4 is 15.8 Å². The maximum absolute atomic E-state index is 16.4. The van der Waals surface area contributed by atoms with Gasteiger partial charge < -0.3 is 20.4 Å². The summed E-state index contributed by atoms with van der Waals surface area (Å²) in [7, 11) is 0. The van der Waals surface area contributed by atoms with Gasteiger partial charge in [-0.15, -0.1) is 13.2 Å². The molecule has 3 heterocycles. The van der Waals surface area contributed by atoms with Crippen LogP contribution in [0.5, 0.6) is 5.75 Å². The molecule has 1 saturated heterocycles. The predicted molar refractivity (Wildman–Crippen MR) is 137 cm³/mol. The number of anilines is 1. The van der Waals surface area contributed by atoms with Crippen molar-refractivity contribution in [3.05, 3.63) is 41.2 Å². The van der Waals surface area contributed by atoms with Gasteiger partial charge in [0.15, 0.2) is 17.4 Å². The summed E-state index contributed by atoms with van der Waals surface area (Å²) >= 11 is 0. The molecular weight excluding hydrogens is 517 g/mol. The molecule has 2 saturated carbocycles. The molecule has 0 radical (unpaired) electrons. The van der Waals surface area contributed by atoms with Gasteiger partial charge in [-0.2, -0.15) is 5.26 Å². The summed E-state index contributed by atoms with van der Waals surface area (Å²) in [5.74, 6) is -2.87. The van der Waals surface area contributed by atoms with Crippen LogP contribution in [0.3, 0.4) is 0 Å². The molecule has 3 N–H and O–H groups in total. The second-order valence-corrected chi connectivity index (χ2v) is 10.5. The number of nitrogens with one attached hydrogen (secondary N) is 1. The van der Waals surface area contributed by atoms with E-state index in [0.29, 0.717) is 23.1 Å². The Morgan fingerprint density at radius 3 is 2.56 bits per heavy atom. The Bertz CT molecular complexity index is 1470. The van der Waals surface area contributed by atoms with Crippen LogP contribution in [0.4, 0.5) is 27.6 Å². The minimum atomic E-state index is -5.22. The van der Waals surface area contributed by atoms with Gasteiger partial charge in [0.05, 0.1) is 22.8 Å². The van der Waals surface area contributed by atoms with Crippen molar-refractivity contribution in [2.75, 3.05) is 18.8 Å². The molecule has 1 aromatic carbocycles. The van der Waals surface area contributed by atoms with E-state index in [-0.39, 0.29) is 41.4 Å². The summed E-state index contributed by atoms with van der Waals surface area (Å²) in [6.07, 6.45) is -1.34. The van der Waals surface area contributed by atoms with Crippen molar-refractivity contribution in [2.24, 2.45) is 11.3 Å². The molecule has 3 atom stereocenters. The standard InChI is InChI=1S/C26H24F5N5O.C2H6/c1-25-11-34-9-16(25)20(25)15-10-36(13-4-5-13)23-19(15)18(3-2-6-32)35-22(21(23)28)14-7-12(33)8-17(27)24(14)37-26(29,30)31;1-2/h7-8,10,13,16,20,34H,2-5,9,11,33H2,1H3;1-2H3/t16-,20?,25-;/m0./s1. The highest BCUT2D eigenvalue weighted by molar-refractivity contribution is 5.92. The molecule has 2 aromatic heterocycles. The summed E-state index contributed by atoms with van der Waals surface area (Å²) in [5, 5.41) is 13.3. The number of pyridine rings is 1. The molecule has 6 rings (SSSR count). The first-order valence-electron chi connectivity index (χ1n) is 13.2. The number of hydrogen-bond donors (Lipinski definition) is 2. The van der Waals surface area contributed by atoms with Crippen LogP contribution in [0.25, 0.3) is 22.2 Å². The number of nitriles is 1. The lowest BCUT2D eigenvalue weighted by molar-refractivity contribution is -0.275. The fourth-order valence-corrected chi connectivity index (χ4v) is 6.16. The van der Waals surface area contributed by atoms with Gasteiger partial charge in [-0.1, -0.05) is 20.8 Å². The molecule has 11 heteroatoms. The number of ether oxygens (including phenoxy) is 1. The van der Waals surface area contributed by atoms with Crippen molar-refractivity contribution >= 4 is 16.6 Å². The van der Waals surface area contributed by atoms with E-state index in [4.69, 9.17) is 5.73 Å². The number of rotatable bonds is 6. The molecule has 6 nitrogen and oxygen atoms in total. The Balaban J connectivity index is 0.00000151. The van der Waals surface area contributed by atoms with E-state index in [1.165, 1.54) is 0 Å². The maximum atomic E-state index is 16.4. The number of aryl methyl sites for hydroxylation is 1. The van der Waals surface area contributed by atoms with Crippen molar-refractivity contribution in [2.45, 2.75) is 64.8 Å². The van der Waals surface area contributed by atoms with Crippen LogP contribution in [0, 0.1) is 34.3 Å². The zero-order valence-electron chi connectivity index (χ0n) is 21.9. The zero-order chi connectivity index (χ0) is 28.3. The SMILES string of the molecule is CC.C[C@]12CNC[C@H]1C2c1cn(C2CC2)c2c(F)c(-c3cc(N)cc(F)c3OC(F)(F)F)nc(CCC#N)c12. The first-order valence-corrected chi connectivity index (χ1v) is 13.2. The predicted octanol–water partition coefficient (Wildman–Crippen LogP) is 6.60. The van der Waals surface area contributed by atoms with Gasteiger partial charge >= 0.3 is 6.36 Å². The zero-order valence-corrected chi connectivity index (χ0v) is 21.9. The Hall–Kier alpha value is -3.39. The van der Waals surface area contributed by atoms with Gasteiger partial charge in [-0.25, -0.2) is 13.8 Å². The van der Waals surface area contributed by atoms with E-state index >= 15 is 4.39 Å². The fourth-order valence-electron chi connectivity index (χ4n) is 6.16. The highest BCUT2D eigenvalue weighted by Gasteiger charge is 2.64. The topological polar surface area (TPSA) is 88.9 Å². The first kappa shape index (κ1) is 27.2. The molecule has 0 bridgehead atoms. The molecular formula is C28H30F5N5O. The van der Waals surface area contributed by atoms with Crippen molar-refractivity contribution < 1.29 is 26.7 Å². The molecule has 0 amide bonds. The summed E-state index contributed by atoms with van der Waals surface area (Å²) in [5.41, 5.74) is 6.11. The highest BCUT2D eigenvalue weighted by atomic mass is 19.4. The molecule has 0 spiro atoms. The van der Waals surface area contributed by atoms with Crippen LogP contribution in [-0.2, 0) is 6.42 Å². The minimum absolute atomic E-state index is 0.0229. The van der Waals surface area contributed by atoms with Crippen molar-refractivity contribution in [1.82, 2.24) is 14.9 Å². The van der Waals surface area contributed by atoms with Crippen LogP contribution >= 0.6 is 0 Å². The number of nitrogen functional groups attached to an aromatic ring is 1. The summed E-state index contributed by atoms with van der Waals surface area (Å²) in [6, 6.07) is 3.83. The lowest BCUT2D eigenvalue weighted by atomic mass is 9.97. The maximum Gasteiger partial charge on any atom is 0.573 e. The summed E-state index contributed by atoms with van der Waals surface area (Å²) in [6.45, 7) is 7.87. The van der Waals surface area contributed by atoms with Crippen molar-refractivity contribution in [3.8, 4) is 23.1 Å². The van der Waals surface area contributed by atoms with Gasteiger partial charge in [0.25, 0.3) is 0 Å². The van der Waals surface area contributed by atoms with E-state index in [1.54, 1.807) is 0 Å². The van der Waals surface area contributed by atoms with Gasteiger partial charge in [0, 0.05) is 48.8 Å². The monoisotopic (exact) mass is 547 g/mol. The normalized spacial score (nSPS) is 23.7. The van der Waals surface area contributed by atoms with Crippen LogP contribution in [0.1, 0.15) is 63.3 Å². The van der Waals surface area contributed by atoms with Gasteiger partial charge in [-0.3, -0.25) is 0 Å². The quantitative estimate of drug-likeness (QED) is 0.268. The number of halogens is 5. The summed E-state index contributed by atoms with van der Waals surface area (Å²) < 4.78 is 76.4. The number of alkyl halides is 3. The van der Waals surface area contributed by atoms with Crippen LogP contribution in [0.15, 0.2) is 18.3 Å². The second kappa shape index (κ2) is 9.66. The average Bonchev–Trinajstić information content (AvgIpc) is 3.73. The number of benzene rings is 1. The smallest absolute Gasteiger partial charge is 0.402 e. The Morgan fingerprint density at radius 2 is 1.97 bits per heavy atom. The Morgan fingerprint density at radius 1 is 1.26 bits per heavy atom. The number of fused-ring (bicyclic) bond motifs is 2. The van der Waals surface area contributed by atoms with E-state index in [0.717, 1.165) is 37.6 Å². The summed E-state index contributed by atoms with van der Waals surface area (Å²) in [4.78, 5) is 4.44. The molecule has 1 unspecified atom stereocenters. The lowest BCUT2D eigenvalue weighted by Crippen LogP contribution is -2.19. The molecule has 1 aliphatic heterocycles. The third-order valence-electron chi connectivity index (χ3n) is 8.02. The largest absolute Gasteiger partial charge is 0.573 e. The molecule has 3 fully saturated rings. The van der Waals surface area contributed by atoms with Crippen molar-refractivity contribution in [1.29, 1.82) is 5.26 Å². The number of nitrogens with zero attached hydrogens (tertiary/aromatic N) is 3. The van der Waals surface area contributed by atoms with Crippen molar-refractivity contribution in [3.63, 3.8) is 0 Å².